The number of pyridine rings is 1. The molecule has 0 aliphatic heterocycles. The number of nitriles is 1. The molecule has 0 N–H and O–H groups in total. The van der Waals surface area contributed by atoms with Gasteiger partial charge in [0.25, 0.3) is 0 Å². The topological polar surface area (TPSA) is 75.6 Å². The Hall–Kier alpha value is -2.17. The van der Waals surface area contributed by atoms with Gasteiger partial charge in [0.2, 0.25) is 11.7 Å². The lowest BCUT2D eigenvalue weighted by Crippen LogP contribution is -1.99. The first kappa shape index (κ1) is 15.7. The van der Waals surface area contributed by atoms with Crippen molar-refractivity contribution >= 4 is 23.1 Å². The molecule has 0 fully saturated rings. The van der Waals surface area contributed by atoms with Gasteiger partial charge in [-0.2, -0.15) is 10.2 Å². The van der Waals surface area contributed by atoms with E-state index in [1.165, 1.54) is 11.8 Å². The summed E-state index contributed by atoms with van der Waals surface area (Å²) in [4.78, 5) is 9.89. The second-order valence-electron chi connectivity index (χ2n) is 5.02. The predicted molar refractivity (Wildman–Crippen MR) is 90.3 cm³/mol. The van der Waals surface area contributed by atoms with E-state index in [9.17, 15) is 5.26 Å². The van der Waals surface area contributed by atoms with Gasteiger partial charge >= 0.3 is 0 Å². The number of aromatic nitrogens is 3. The van der Waals surface area contributed by atoms with Gasteiger partial charge in [-0.1, -0.05) is 23.0 Å². The zero-order valence-electron chi connectivity index (χ0n) is 13.0. The van der Waals surface area contributed by atoms with Crippen LogP contribution in [0.3, 0.4) is 0 Å². The fraction of sp³-hybridized carbons (Fsp3) is 0.250. The maximum Gasteiger partial charge on any atom is 0.237 e. The zero-order valence-corrected chi connectivity index (χ0v) is 14.6. The molecule has 0 bridgehead atoms. The van der Waals surface area contributed by atoms with Crippen LogP contribution in [0.1, 0.15) is 28.3 Å². The van der Waals surface area contributed by atoms with Crippen LogP contribution in [0.4, 0.5) is 0 Å². The first-order chi connectivity index (χ1) is 11.1. The van der Waals surface area contributed by atoms with Crippen LogP contribution in [0.15, 0.2) is 27.1 Å². The predicted octanol–water partition coefficient (Wildman–Crippen LogP) is 4.28. The quantitative estimate of drug-likeness (QED) is 0.659. The van der Waals surface area contributed by atoms with Gasteiger partial charge in [-0.3, -0.25) is 0 Å². The van der Waals surface area contributed by atoms with Gasteiger partial charge in [0.1, 0.15) is 11.1 Å². The van der Waals surface area contributed by atoms with Gasteiger partial charge in [-0.05, 0) is 43.3 Å². The molecule has 0 aliphatic rings. The normalized spacial score (nSPS) is 10.7. The average molecular weight is 342 g/mol. The summed E-state index contributed by atoms with van der Waals surface area (Å²) in [7, 11) is 0. The van der Waals surface area contributed by atoms with Gasteiger partial charge in [-0.25, -0.2) is 4.98 Å². The molecular formula is C16H14N4OS2. The molecule has 3 aromatic rings. The van der Waals surface area contributed by atoms with Crippen molar-refractivity contribution in [3.63, 3.8) is 0 Å². The van der Waals surface area contributed by atoms with E-state index in [1.54, 1.807) is 11.3 Å². The van der Waals surface area contributed by atoms with E-state index < -0.39 is 0 Å². The van der Waals surface area contributed by atoms with Crippen LogP contribution in [0.25, 0.3) is 10.7 Å². The largest absolute Gasteiger partial charge is 0.338 e. The second kappa shape index (κ2) is 6.52. The number of thiophene rings is 1. The highest BCUT2D eigenvalue weighted by atomic mass is 32.2. The van der Waals surface area contributed by atoms with E-state index in [2.05, 4.69) is 21.2 Å². The highest BCUT2D eigenvalue weighted by Crippen LogP contribution is 2.29. The highest BCUT2D eigenvalue weighted by Gasteiger charge is 2.15. The summed E-state index contributed by atoms with van der Waals surface area (Å²) in [5.74, 6) is 1.61. The molecule has 0 atom stereocenters. The lowest BCUT2D eigenvalue weighted by atomic mass is 10.1. The number of aryl methyl sites for hydroxylation is 1. The van der Waals surface area contributed by atoms with Gasteiger partial charge in [0.05, 0.1) is 16.2 Å². The van der Waals surface area contributed by atoms with Crippen molar-refractivity contribution in [2.24, 2.45) is 0 Å². The van der Waals surface area contributed by atoms with E-state index >= 15 is 0 Å². The molecule has 7 heteroatoms. The van der Waals surface area contributed by atoms with Crippen LogP contribution in [-0.2, 0) is 5.75 Å². The summed E-state index contributed by atoms with van der Waals surface area (Å²) in [5.41, 5.74) is 3.60. The summed E-state index contributed by atoms with van der Waals surface area (Å²) in [6, 6.07) is 6.15. The molecule has 0 unspecified atom stereocenters. The summed E-state index contributed by atoms with van der Waals surface area (Å²) < 4.78 is 5.28. The maximum atomic E-state index is 9.39. The maximum absolute atomic E-state index is 9.39. The third-order valence-corrected chi connectivity index (χ3v) is 5.44. The number of hydrogen-bond donors (Lipinski definition) is 0. The molecule has 0 radical (unpaired) electrons. The monoisotopic (exact) mass is 342 g/mol. The Morgan fingerprint density at radius 2 is 2.09 bits per heavy atom. The van der Waals surface area contributed by atoms with Crippen molar-refractivity contribution in [3.8, 4) is 16.8 Å². The molecule has 5 nitrogen and oxygen atoms in total. The van der Waals surface area contributed by atoms with E-state index in [4.69, 9.17) is 4.52 Å². The molecular weight excluding hydrogens is 328 g/mol. The Balaban J connectivity index is 1.80. The Kier molecular flexibility index (Phi) is 4.46. The van der Waals surface area contributed by atoms with Crippen LogP contribution in [0.2, 0.25) is 0 Å². The third kappa shape index (κ3) is 3.14. The number of hydrogen-bond acceptors (Lipinski definition) is 7. The molecule has 0 spiro atoms. The minimum absolute atomic E-state index is 0.488. The lowest BCUT2D eigenvalue weighted by molar-refractivity contribution is 0.392. The number of nitrogens with zero attached hydrogens (tertiary/aromatic N) is 4. The summed E-state index contributed by atoms with van der Waals surface area (Å²) in [6.45, 7) is 5.89. The van der Waals surface area contributed by atoms with Crippen molar-refractivity contribution in [1.82, 2.24) is 15.1 Å². The lowest BCUT2D eigenvalue weighted by Gasteiger charge is -2.10. The van der Waals surface area contributed by atoms with E-state index in [-0.39, 0.29) is 0 Å². The highest BCUT2D eigenvalue weighted by molar-refractivity contribution is 7.98. The molecule has 0 saturated carbocycles. The van der Waals surface area contributed by atoms with Crippen LogP contribution >= 0.6 is 23.1 Å². The van der Waals surface area contributed by atoms with Crippen LogP contribution < -0.4 is 0 Å². The third-order valence-electron chi connectivity index (χ3n) is 3.62. The van der Waals surface area contributed by atoms with Gasteiger partial charge in [0, 0.05) is 5.69 Å². The summed E-state index contributed by atoms with van der Waals surface area (Å²) >= 11 is 3.01. The molecule has 0 aromatic carbocycles. The first-order valence-electron chi connectivity index (χ1n) is 6.97. The number of rotatable bonds is 4. The average Bonchev–Trinajstić information content (AvgIpc) is 3.21. The SMILES string of the molecule is Cc1nc(SCc2nc(-c3cccs3)no2)c(C#N)c(C)c1C. The molecule has 3 rings (SSSR count). The van der Waals surface area contributed by atoms with Crippen molar-refractivity contribution < 1.29 is 4.52 Å². The van der Waals surface area contributed by atoms with Crippen molar-refractivity contribution in [2.75, 3.05) is 0 Å². The molecule has 0 saturated heterocycles. The molecule has 116 valence electrons. The van der Waals surface area contributed by atoms with E-state index in [0.717, 1.165) is 21.7 Å². The minimum atomic E-state index is 0.488. The van der Waals surface area contributed by atoms with E-state index in [1.807, 2.05) is 38.3 Å². The summed E-state index contributed by atoms with van der Waals surface area (Å²) in [6.07, 6.45) is 0. The molecule has 0 aliphatic carbocycles. The Morgan fingerprint density at radius 3 is 2.78 bits per heavy atom. The number of thioether (sulfide) groups is 1. The van der Waals surface area contributed by atoms with Crippen molar-refractivity contribution in [3.05, 3.63) is 45.8 Å². The molecule has 3 aromatic heterocycles. The van der Waals surface area contributed by atoms with Crippen LogP contribution in [0.5, 0.6) is 0 Å². The molecule has 23 heavy (non-hydrogen) atoms. The van der Waals surface area contributed by atoms with E-state index in [0.29, 0.717) is 28.1 Å². The van der Waals surface area contributed by atoms with Crippen molar-refractivity contribution in [1.29, 1.82) is 5.26 Å². The first-order valence-corrected chi connectivity index (χ1v) is 8.84. The van der Waals surface area contributed by atoms with Crippen molar-refractivity contribution in [2.45, 2.75) is 31.6 Å². The second-order valence-corrected chi connectivity index (χ2v) is 6.93. The minimum Gasteiger partial charge on any atom is -0.338 e. The Morgan fingerprint density at radius 1 is 1.26 bits per heavy atom. The zero-order chi connectivity index (χ0) is 16.4. The van der Waals surface area contributed by atoms with Crippen LogP contribution in [0, 0.1) is 32.1 Å². The Bertz CT molecular complexity index is 878. The summed E-state index contributed by atoms with van der Waals surface area (Å²) in [5, 5.41) is 16.1. The molecule has 0 amide bonds. The fourth-order valence-corrected chi connectivity index (χ4v) is 3.67. The standard InChI is InChI=1S/C16H14N4OS2/c1-9-10(2)12(7-17)16(18-11(9)3)23-8-14-19-15(20-21-14)13-5-4-6-22-13/h4-6H,8H2,1-3H3. The smallest absolute Gasteiger partial charge is 0.237 e. The van der Waals surface area contributed by atoms with Gasteiger partial charge < -0.3 is 4.52 Å². The fourth-order valence-electron chi connectivity index (χ4n) is 2.10. The van der Waals surface area contributed by atoms with Crippen LogP contribution in [-0.4, -0.2) is 15.1 Å². The van der Waals surface area contributed by atoms with Gasteiger partial charge in [-0.15, -0.1) is 11.3 Å². The Labute approximate surface area is 142 Å². The van der Waals surface area contributed by atoms with Gasteiger partial charge in [0.15, 0.2) is 0 Å². The molecule has 3 heterocycles.